The molecule has 0 unspecified atom stereocenters. The molecule has 0 amide bonds. The van der Waals surface area contributed by atoms with Crippen LogP contribution in [0.25, 0.3) is 21.5 Å². The normalized spacial score (nSPS) is 11.6. The predicted octanol–water partition coefficient (Wildman–Crippen LogP) is 5.40. The molecule has 3 rings (SSSR count). The number of unbranched alkanes of at least 4 members (excludes halogenated alkanes) is 1. The first-order valence-corrected chi connectivity index (χ1v) is 8.28. The van der Waals surface area contributed by atoms with Crippen molar-refractivity contribution in [2.24, 2.45) is 0 Å². The minimum absolute atomic E-state index is 0.981. The summed E-state index contributed by atoms with van der Waals surface area (Å²) in [5.41, 5.74) is 2.98. The van der Waals surface area contributed by atoms with Crippen LogP contribution < -0.4 is 0 Å². The van der Waals surface area contributed by atoms with Crippen LogP contribution in [0.1, 0.15) is 30.9 Å². The van der Waals surface area contributed by atoms with E-state index in [0.29, 0.717) is 0 Å². The zero-order valence-electron chi connectivity index (χ0n) is 13.9. The Bertz CT molecular complexity index is 729. The number of hydrogen-bond donors (Lipinski definition) is 0. The summed E-state index contributed by atoms with van der Waals surface area (Å²) in [5.74, 6) is 0. The molecule has 0 bridgehead atoms. The highest BCUT2D eigenvalue weighted by molar-refractivity contribution is 6.05. The first-order chi connectivity index (χ1) is 10.7. The van der Waals surface area contributed by atoms with Gasteiger partial charge in [0.25, 0.3) is 0 Å². The molecule has 0 N–H and O–H groups in total. The van der Waals surface area contributed by atoms with Crippen LogP contribution in [-0.4, -0.2) is 19.0 Å². The molecule has 0 radical (unpaired) electrons. The first-order valence-electron chi connectivity index (χ1n) is 8.28. The lowest BCUT2D eigenvalue weighted by Crippen LogP contribution is -2.12. The molecule has 0 aliphatic carbocycles. The maximum absolute atomic E-state index is 2.30. The van der Waals surface area contributed by atoms with Crippen molar-refractivity contribution in [3.8, 4) is 0 Å². The van der Waals surface area contributed by atoms with Gasteiger partial charge >= 0.3 is 0 Å². The Morgan fingerprint density at radius 1 is 0.727 bits per heavy atom. The Morgan fingerprint density at radius 2 is 1.18 bits per heavy atom. The van der Waals surface area contributed by atoms with Gasteiger partial charge in [0.05, 0.1) is 0 Å². The molecule has 0 heterocycles. The topological polar surface area (TPSA) is 3.24 Å². The average Bonchev–Trinajstić information content (AvgIpc) is 2.54. The largest absolute Gasteiger partial charge is 0.305 e. The van der Waals surface area contributed by atoms with E-state index >= 15 is 0 Å². The maximum atomic E-state index is 2.30. The fourth-order valence-electron chi connectivity index (χ4n) is 3.42. The second-order valence-corrected chi connectivity index (χ2v) is 6.39. The van der Waals surface area contributed by atoms with Crippen LogP contribution >= 0.6 is 0 Å². The van der Waals surface area contributed by atoms with Gasteiger partial charge in [0.2, 0.25) is 0 Å². The Kier molecular flexibility index (Phi) is 4.44. The van der Waals surface area contributed by atoms with Crippen LogP contribution in [0, 0.1) is 0 Å². The van der Waals surface area contributed by atoms with Crippen LogP contribution in [0.2, 0.25) is 0 Å². The van der Waals surface area contributed by atoms with Gasteiger partial charge in [-0.05, 0) is 59.6 Å². The molecule has 114 valence electrons. The maximum Gasteiger partial charge on any atom is 0.0239 e. The van der Waals surface area contributed by atoms with Gasteiger partial charge < -0.3 is 4.90 Å². The molecule has 0 aliphatic rings. The van der Waals surface area contributed by atoms with E-state index in [1.165, 1.54) is 51.9 Å². The van der Waals surface area contributed by atoms with E-state index < -0.39 is 0 Å². The molecule has 22 heavy (non-hydrogen) atoms. The molecule has 0 spiro atoms. The highest BCUT2D eigenvalue weighted by Crippen LogP contribution is 2.34. The van der Waals surface area contributed by atoms with E-state index in [4.69, 9.17) is 0 Å². The zero-order valence-corrected chi connectivity index (χ0v) is 13.9. The Balaban J connectivity index is 2.37. The zero-order chi connectivity index (χ0) is 15.5. The molecule has 3 aromatic carbocycles. The molecule has 0 saturated carbocycles. The molecular weight excluding hydrogens is 266 g/mol. The van der Waals surface area contributed by atoms with Crippen LogP contribution in [0.3, 0.4) is 0 Å². The highest BCUT2D eigenvalue weighted by Gasteiger charge is 2.13. The summed E-state index contributed by atoms with van der Waals surface area (Å²) in [7, 11) is 4.29. The smallest absolute Gasteiger partial charge is 0.0239 e. The number of fused-ring (bicyclic) bond motifs is 2. The molecule has 1 heteroatoms. The van der Waals surface area contributed by atoms with Crippen molar-refractivity contribution in [3.63, 3.8) is 0 Å². The number of hydrogen-bond acceptors (Lipinski definition) is 1. The molecular formula is C21H25N. The van der Waals surface area contributed by atoms with E-state index in [2.05, 4.69) is 74.4 Å². The van der Waals surface area contributed by atoms with Gasteiger partial charge in [-0.25, -0.2) is 0 Å². The summed E-state index contributed by atoms with van der Waals surface area (Å²) in [6.45, 7) is 3.25. The van der Waals surface area contributed by atoms with Gasteiger partial charge in [0.1, 0.15) is 0 Å². The van der Waals surface area contributed by atoms with Crippen LogP contribution in [-0.2, 0) is 13.0 Å². The molecule has 0 atom stereocenters. The monoisotopic (exact) mass is 291 g/mol. The number of nitrogens with zero attached hydrogens (tertiary/aromatic N) is 1. The van der Waals surface area contributed by atoms with Gasteiger partial charge in [0, 0.05) is 6.54 Å². The van der Waals surface area contributed by atoms with E-state index in [-0.39, 0.29) is 0 Å². The van der Waals surface area contributed by atoms with E-state index in [0.717, 1.165) is 6.54 Å². The Labute approximate surface area is 133 Å². The van der Waals surface area contributed by atoms with Crippen LogP contribution in [0.15, 0.2) is 48.5 Å². The molecule has 0 aliphatic heterocycles. The van der Waals surface area contributed by atoms with Gasteiger partial charge in [-0.3, -0.25) is 0 Å². The lowest BCUT2D eigenvalue weighted by molar-refractivity contribution is 0.405. The quantitative estimate of drug-likeness (QED) is 0.569. The van der Waals surface area contributed by atoms with Crippen molar-refractivity contribution in [2.75, 3.05) is 14.1 Å². The third kappa shape index (κ3) is 2.74. The summed E-state index contributed by atoms with van der Waals surface area (Å²) in [6, 6.07) is 17.8. The van der Waals surface area contributed by atoms with E-state index in [1.807, 2.05) is 0 Å². The summed E-state index contributed by atoms with van der Waals surface area (Å²) in [4.78, 5) is 2.26. The Hall–Kier alpha value is -1.86. The summed E-state index contributed by atoms with van der Waals surface area (Å²) >= 11 is 0. The first kappa shape index (κ1) is 15.1. The SMILES string of the molecule is CCCCc1c2ccccc2c(CN(C)C)c2ccccc12. The molecule has 3 aromatic rings. The van der Waals surface area contributed by atoms with Gasteiger partial charge in [0.15, 0.2) is 0 Å². The van der Waals surface area contributed by atoms with Crippen LogP contribution in [0.5, 0.6) is 0 Å². The minimum atomic E-state index is 0.981. The van der Waals surface area contributed by atoms with Gasteiger partial charge in [-0.2, -0.15) is 0 Å². The van der Waals surface area contributed by atoms with Crippen molar-refractivity contribution >= 4 is 21.5 Å². The number of rotatable bonds is 5. The lowest BCUT2D eigenvalue weighted by Gasteiger charge is -2.19. The van der Waals surface area contributed by atoms with Crippen molar-refractivity contribution in [1.29, 1.82) is 0 Å². The standard InChI is InChI=1S/C21H25N/c1-4-5-10-16-17-11-6-8-13-19(17)21(15-22(2)3)20-14-9-7-12-18(16)20/h6-9,11-14H,4-5,10,15H2,1-3H3. The second kappa shape index (κ2) is 6.50. The molecule has 0 fully saturated rings. The predicted molar refractivity (Wildman–Crippen MR) is 97.5 cm³/mol. The average molecular weight is 291 g/mol. The van der Waals surface area contributed by atoms with E-state index in [1.54, 1.807) is 0 Å². The van der Waals surface area contributed by atoms with Gasteiger partial charge in [-0.15, -0.1) is 0 Å². The number of benzene rings is 3. The van der Waals surface area contributed by atoms with Gasteiger partial charge in [-0.1, -0.05) is 61.9 Å². The third-order valence-electron chi connectivity index (χ3n) is 4.41. The fraction of sp³-hybridized carbons (Fsp3) is 0.333. The number of aryl methyl sites for hydroxylation is 1. The second-order valence-electron chi connectivity index (χ2n) is 6.39. The molecule has 0 saturated heterocycles. The summed E-state index contributed by atoms with van der Waals surface area (Å²) in [5, 5.41) is 5.71. The fourth-order valence-corrected chi connectivity index (χ4v) is 3.42. The van der Waals surface area contributed by atoms with Crippen molar-refractivity contribution in [2.45, 2.75) is 32.7 Å². The van der Waals surface area contributed by atoms with Crippen LogP contribution in [0.4, 0.5) is 0 Å². The Morgan fingerprint density at radius 3 is 1.59 bits per heavy atom. The minimum Gasteiger partial charge on any atom is -0.305 e. The summed E-state index contributed by atoms with van der Waals surface area (Å²) < 4.78 is 0. The van der Waals surface area contributed by atoms with Crippen molar-refractivity contribution in [1.82, 2.24) is 4.90 Å². The molecule has 1 nitrogen and oxygen atoms in total. The van der Waals surface area contributed by atoms with Crippen molar-refractivity contribution in [3.05, 3.63) is 59.7 Å². The highest BCUT2D eigenvalue weighted by atomic mass is 15.0. The van der Waals surface area contributed by atoms with Crippen molar-refractivity contribution < 1.29 is 0 Å². The summed E-state index contributed by atoms with van der Waals surface area (Å²) in [6.07, 6.45) is 3.66. The van der Waals surface area contributed by atoms with E-state index in [9.17, 15) is 0 Å². The molecule has 0 aromatic heterocycles. The third-order valence-corrected chi connectivity index (χ3v) is 4.41. The lowest BCUT2D eigenvalue weighted by atomic mass is 9.89.